The zero-order chi connectivity index (χ0) is 30.5. The minimum Gasteiger partial charge on any atom is -0.504 e. The van der Waals surface area contributed by atoms with E-state index < -0.39 is 94.6 Å². The van der Waals surface area contributed by atoms with Gasteiger partial charge < -0.3 is 50.0 Å². The first-order chi connectivity index (χ1) is 18.3. The van der Waals surface area contributed by atoms with E-state index in [1.165, 1.54) is 33.8 Å². The van der Waals surface area contributed by atoms with Crippen LogP contribution in [0, 0.1) is 10.8 Å². The third-order valence-corrected chi connectivity index (χ3v) is 7.27. The molecule has 1 aromatic carbocycles. The number of hydrogen-bond donors (Lipinski definition) is 7. The first-order valence-electron chi connectivity index (χ1n) is 12.5. The Morgan fingerprint density at radius 1 is 0.950 bits per heavy atom. The molecule has 0 spiro atoms. The molecule has 222 valence electrons. The van der Waals surface area contributed by atoms with Crippen LogP contribution in [-0.2, 0) is 23.8 Å². The van der Waals surface area contributed by atoms with Crippen LogP contribution in [0.3, 0.4) is 0 Å². The first kappa shape index (κ1) is 31.5. The number of Topliss-reactive ketones (excluding diaryl/α,β-unsaturated/α-hetero) is 2. The second-order valence-electron chi connectivity index (χ2n) is 11.5. The second-order valence-corrected chi connectivity index (χ2v) is 11.5. The molecule has 3 rings (SSSR count). The molecule has 1 aliphatic heterocycles. The van der Waals surface area contributed by atoms with Crippen LogP contribution in [-0.4, -0.2) is 102 Å². The van der Waals surface area contributed by atoms with E-state index in [1.807, 2.05) is 0 Å². The van der Waals surface area contributed by atoms with Gasteiger partial charge >= 0.3 is 5.97 Å². The van der Waals surface area contributed by atoms with Crippen molar-refractivity contribution >= 4 is 17.5 Å². The van der Waals surface area contributed by atoms with Gasteiger partial charge in [-0.15, -0.1) is 0 Å². The Labute approximate surface area is 230 Å². The smallest absolute Gasteiger partial charge is 0.338 e. The summed E-state index contributed by atoms with van der Waals surface area (Å²) in [6.07, 6.45) is -9.24. The second kappa shape index (κ2) is 10.7. The van der Waals surface area contributed by atoms with Crippen LogP contribution in [0.5, 0.6) is 17.2 Å². The van der Waals surface area contributed by atoms with E-state index in [2.05, 4.69) is 0 Å². The van der Waals surface area contributed by atoms with Crippen molar-refractivity contribution in [2.75, 3.05) is 6.61 Å². The van der Waals surface area contributed by atoms with Crippen LogP contribution in [0.2, 0.25) is 0 Å². The zero-order valence-corrected chi connectivity index (χ0v) is 23.0. The lowest BCUT2D eigenvalue weighted by atomic mass is 9.56. The number of aromatic hydroxyl groups is 3. The molecule has 1 heterocycles. The van der Waals surface area contributed by atoms with Gasteiger partial charge in [-0.3, -0.25) is 9.59 Å². The Morgan fingerprint density at radius 3 is 2.02 bits per heavy atom. The minimum atomic E-state index is -2.34. The highest BCUT2D eigenvalue weighted by Gasteiger charge is 2.66. The van der Waals surface area contributed by atoms with E-state index in [-0.39, 0.29) is 5.56 Å². The molecule has 13 nitrogen and oxygen atoms in total. The number of rotatable bonds is 6. The lowest BCUT2D eigenvalue weighted by molar-refractivity contribution is -0.328. The normalized spacial score (nSPS) is 33.4. The third kappa shape index (κ3) is 5.32. The standard InChI is InChI=1S/C27H36O13/c1-11(2)9-27(37)23(36)25(3,4)22(35)26(5,6)24(27)40-21-19(33)18(32)17(31)15(39-21)10-38-20(34)12-7-13(28)16(30)14(29)8-12/h7-9,15,17-19,21,24,28-33,37H,10H2,1-6H3/t15-,17-,18+,19-,21-,24+,27+/m1/s1. The Bertz CT molecular complexity index is 1190. The SMILES string of the molecule is CC(C)=C[C@]1(O)C(=O)C(C)(C)C(=O)C(C)(C)[C@@H]1O[C@H]1O[C@H](COC(=O)c2cc(O)c(O)c(O)c2)[C@@H](O)[C@H](O)[C@H]1O. The predicted octanol–water partition coefficient (Wildman–Crippen LogP) is 0.0545. The average molecular weight is 569 g/mol. The summed E-state index contributed by atoms with van der Waals surface area (Å²) in [6.45, 7) is 8.24. The van der Waals surface area contributed by atoms with Crippen molar-refractivity contribution in [2.45, 2.75) is 84.0 Å². The van der Waals surface area contributed by atoms with Crippen LogP contribution in [0.4, 0.5) is 0 Å². The predicted molar refractivity (Wildman–Crippen MR) is 135 cm³/mol. The first-order valence-corrected chi connectivity index (χ1v) is 12.5. The van der Waals surface area contributed by atoms with Gasteiger partial charge in [-0.1, -0.05) is 19.4 Å². The van der Waals surface area contributed by atoms with Crippen molar-refractivity contribution in [3.8, 4) is 17.2 Å². The summed E-state index contributed by atoms with van der Waals surface area (Å²) >= 11 is 0. The molecular weight excluding hydrogens is 532 g/mol. The molecule has 0 bridgehead atoms. The third-order valence-electron chi connectivity index (χ3n) is 7.27. The number of aliphatic hydroxyl groups is 4. The summed E-state index contributed by atoms with van der Waals surface area (Å²) in [5.74, 6) is -4.92. The highest BCUT2D eigenvalue weighted by molar-refractivity contribution is 6.15. The Kier molecular flexibility index (Phi) is 8.44. The van der Waals surface area contributed by atoms with Gasteiger partial charge in [0, 0.05) is 0 Å². The molecule has 7 atom stereocenters. The van der Waals surface area contributed by atoms with Crippen molar-refractivity contribution in [1.82, 2.24) is 0 Å². The summed E-state index contributed by atoms with van der Waals surface area (Å²) in [5, 5.41) is 71.9. The molecule has 0 unspecified atom stereocenters. The number of ketones is 2. The topological polar surface area (TPSA) is 221 Å². The van der Waals surface area contributed by atoms with Gasteiger partial charge in [0.05, 0.1) is 16.4 Å². The summed E-state index contributed by atoms with van der Waals surface area (Å²) in [6, 6.07) is 1.65. The number of carbonyl (C=O) groups is 3. The Balaban J connectivity index is 1.88. The van der Waals surface area contributed by atoms with Crippen molar-refractivity contribution < 1.29 is 64.3 Å². The van der Waals surface area contributed by atoms with E-state index in [4.69, 9.17) is 14.2 Å². The maximum absolute atomic E-state index is 13.4. The maximum atomic E-state index is 13.4. The van der Waals surface area contributed by atoms with E-state index in [9.17, 15) is 50.1 Å². The van der Waals surface area contributed by atoms with Crippen molar-refractivity contribution in [3.05, 3.63) is 29.3 Å². The zero-order valence-electron chi connectivity index (χ0n) is 23.0. The summed E-state index contributed by atoms with van der Waals surface area (Å²) in [4.78, 5) is 39.2. The lowest BCUT2D eigenvalue weighted by Gasteiger charge is -2.53. The highest BCUT2D eigenvalue weighted by atomic mass is 16.7. The van der Waals surface area contributed by atoms with Gasteiger partial charge in [0.2, 0.25) is 0 Å². The van der Waals surface area contributed by atoms with Crippen molar-refractivity contribution in [1.29, 1.82) is 0 Å². The molecule has 2 fully saturated rings. The van der Waals surface area contributed by atoms with Crippen LogP contribution >= 0.6 is 0 Å². The van der Waals surface area contributed by atoms with Gasteiger partial charge in [-0.05, 0) is 45.9 Å². The number of aliphatic hydroxyl groups excluding tert-OH is 3. The fourth-order valence-corrected chi connectivity index (χ4v) is 5.32. The molecule has 0 radical (unpaired) electrons. The number of phenols is 3. The quantitative estimate of drug-likeness (QED) is 0.105. The summed E-state index contributed by atoms with van der Waals surface area (Å²) in [5.41, 5.74) is -5.26. The summed E-state index contributed by atoms with van der Waals surface area (Å²) < 4.78 is 16.5. The molecule has 0 aromatic heterocycles. The van der Waals surface area contributed by atoms with Gasteiger partial charge in [0.25, 0.3) is 0 Å². The van der Waals surface area contributed by atoms with Gasteiger partial charge in [-0.2, -0.15) is 0 Å². The molecule has 1 saturated heterocycles. The number of hydrogen-bond acceptors (Lipinski definition) is 13. The average Bonchev–Trinajstić information content (AvgIpc) is 2.86. The van der Waals surface area contributed by atoms with Crippen LogP contribution < -0.4 is 0 Å². The van der Waals surface area contributed by atoms with Crippen LogP contribution in [0.15, 0.2) is 23.8 Å². The number of carbonyl (C=O) groups excluding carboxylic acids is 3. The fraction of sp³-hybridized carbons (Fsp3) is 0.593. The molecule has 1 aliphatic carbocycles. The Hall–Kier alpha value is -3.07. The molecule has 2 aliphatic rings. The van der Waals surface area contributed by atoms with Gasteiger partial charge in [0.1, 0.15) is 37.1 Å². The van der Waals surface area contributed by atoms with E-state index in [1.54, 1.807) is 13.8 Å². The number of ether oxygens (including phenoxy) is 3. The molecule has 13 heteroatoms. The van der Waals surface area contributed by atoms with Crippen LogP contribution in [0.25, 0.3) is 0 Å². The molecule has 0 amide bonds. The van der Waals surface area contributed by atoms with Crippen molar-refractivity contribution in [3.63, 3.8) is 0 Å². The molecule has 1 saturated carbocycles. The van der Waals surface area contributed by atoms with E-state index in [0.29, 0.717) is 5.57 Å². The molecule has 40 heavy (non-hydrogen) atoms. The number of phenolic OH excluding ortho intramolecular Hbond substituents is 3. The molecule has 1 aromatic rings. The number of benzene rings is 1. The molecule has 7 N–H and O–H groups in total. The van der Waals surface area contributed by atoms with Crippen molar-refractivity contribution in [2.24, 2.45) is 10.8 Å². The largest absolute Gasteiger partial charge is 0.504 e. The Morgan fingerprint density at radius 2 is 1.50 bits per heavy atom. The molecular formula is C27H36O13. The number of esters is 1. The lowest BCUT2D eigenvalue weighted by Crippen LogP contribution is -2.71. The maximum Gasteiger partial charge on any atom is 0.338 e. The van der Waals surface area contributed by atoms with Gasteiger partial charge in [0.15, 0.2) is 40.7 Å². The highest BCUT2D eigenvalue weighted by Crippen LogP contribution is 2.48. The van der Waals surface area contributed by atoms with Crippen LogP contribution in [0.1, 0.15) is 51.9 Å². The fourth-order valence-electron chi connectivity index (χ4n) is 5.32. The monoisotopic (exact) mass is 568 g/mol. The van der Waals surface area contributed by atoms with E-state index in [0.717, 1.165) is 12.1 Å². The number of allylic oxidation sites excluding steroid dienone is 1. The van der Waals surface area contributed by atoms with E-state index >= 15 is 0 Å². The van der Waals surface area contributed by atoms with Gasteiger partial charge in [-0.25, -0.2) is 4.79 Å². The minimum absolute atomic E-state index is 0.359. The summed E-state index contributed by atoms with van der Waals surface area (Å²) in [7, 11) is 0.